The van der Waals surface area contributed by atoms with Crippen molar-refractivity contribution in [2.24, 2.45) is 10.1 Å². The Morgan fingerprint density at radius 3 is 2.76 bits per heavy atom. The summed E-state index contributed by atoms with van der Waals surface area (Å²) < 4.78 is 33.5. The molecule has 4 atom stereocenters. The van der Waals surface area contributed by atoms with Gasteiger partial charge in [0.05, 0.1) is 12.9 Å². The van der Waals surface area contributed by atoms with Crippen molar-refractivity contribution in [1.29, 1.82) is 0 Å². The number of aromatic amines is 1. The number of nitrogens with two attached hydrogens (primary N) is 1. The lowest BCUT2D eigenvalue weighted by molar-refractivity contribution is -0.0187. The lowest BCUT2D eigenvalue weighted by Gasteiger charge is -2.30. The fourth-order valence-corrected chi connectivity index (χ4v) is 3.51. The van der Waals surface area contributed by atoms with E-state index in [4.69, 9.17) is 15.6 Å². The minimum absolute atomic E-state index is 0.0997. The number of hydrogen-bond donors (Lipinski definition) is 5. The predicted molar refractivity (Wildman–Crippen MR) is 68.5 cm³/mol. The molecule has 0 unspecified atom stereocenters. The second kappa shape index (κ2) is 4.64. The van der Waals surface area contributed by atoms with Crippen LogP contribution >= 0.6 is 0 Å². The van der Waals surface area contributed by atoms with Crippen molar-refractivity contribution in [2.75, 3.05) is 10.9 Å². The number of hydrogen-bond acceptors (Lipinski definition) is 8. The molecule has 0 amide bonds. The maximum absolute atomic E-state index is 12.2. The van der Waals surface area contributed by atoms with Gasteiger partial charge in [-0.1, -0.05) is 0 Å². The van der Waals surface area contributed by atoms with Crippen molar-refractivity contribution in [3.63, 3.8) is 0 Å². The number of anilines is 1. The molecule has 0 saturated carbocycles. The zero-order valence-corrected chi connectivity index (χ0v) is 11.3. The van der Waals surface area contributed by atoms with Crippen molar-refractivity contribution in [3.8, 4) is 0 Å². The minimum atomic E-state index is -4.29. The SMILES string of the molecule is NC1=NS(=O)(=O)N([C@@H]2O[C@H](CO)[C@@H](O)[C@H]2O)c2nc[nH]c21. The summed E-state index contributed by atoms with van der Waals surface area (Å²) in [4.78, 5) is 6.46. The fraction of sp³-hybridized carbons (Fsp3) is 0.556. The summed E-state index contributed by atoms with van der Waals surface area (Å²) in [7, 11) is -4.29. The number of H-pyrrole nitrogens is 1. The Kier molecular flexibility index (Phi) is 3.14. The van der Waals surface area contributed by atoms with E-state index in [1.807, 2.05) is 0 Å². The van der Waals surface area contributed by atoms with Crippen LogP contribution < -0.4 is 10.0 Å². The van der Waals surface area contributed by atoms with Gasteiger partial charge in [0.2, 0.25) is 0 Å². The minimum Gasteiger partial charge on any atom is -0.394 e. The summed E-state index contributed by atoms with van der Waals surface area (Å²) >= 11 is 0. The summed E-state index contributed by atoms with van der Waals surface area (Å²) in [5, 5.41) is 28.8. The Labute approximate surface area is 118 Å². The van der Waals surface area contributed by atoms with Crippen LogP contribution in [0.5, 0.6) is 0 Å². The first-order valence-corrected chi connectivity index (χ1v) is 7.32. The van der Waals surface area contributed by atoms with Gasteiger partial charge in [0.15, 0.2) is 17.9 Å². The highest BCUT2D eigenvalue weighted by atomic mass is 32.2. The molecule has 11 nitrogen and oxygen atoms in total. The molecule has 12 heteroatoms. The smallest absolute Gasteiger partial charge is 0.350 e. The summed E-state index contributed by atoms with van der Waals surface area (Å²) in [6.45, 7) is -0.582. The Hall–Kier alpha value is -1.73. The monoisotopic (exact) mass is 319 g/mol. The molecule has 1 aromatic rings. The van der Waals surface area contributed by atoms with Gasteiger partial charge in [0.25, 0.3) is 0 Å². The summed E-state index contributed by atoms with van der Waals surface area (Å²) in [6, 6.07) is 0. The molecule has 3 rings (SSSR count). The quantitative estimate of drug-likeness (QED) is 0.375. The molecular formula is C9H13N5O6S. The van der Waals surface area contributed by atoms with Gasteiger partial charge >= 0.3 is 10.2 Å². The first kappa shape index (κ1) is 14.2. The van der Waals surface area contributed by atoms with Gasteiger partial charge in [0, 0.05) is 0 Å². The number of rotatable bonds is 2. The molecule has 3 heterocycles. The molecule has 2 aliphatic rings. The second-order valence-electron chi connectivity index (χ2n) is 4.58. The van der Waals surface area contributed by atoms with E-state index >= 15 is 0 Å². The number of imidazole rings is 1. The molecule has 0 bridgehead atoms. The van der Waals surface area contributed by atoms with E-state index in [9.17, 15) is 18.6 Å². The van der Waals surface area contributed by atoms with Crippen LogP contribution in [0.25, 0.3) is 0 Å². The zero-order chi connectivity index (χ0) is 15.4. The third kappa shape index (κ3) is 1.99. The molecule has 1 fully saturated rings. The van der Waals surface area contributed by atoms with Gasteiger partial charge in [-0.2, -0.15) is 8.42 Å². The van der Waals surface area contributed by atoms with Gasteiger partial charge in [-0.05, 0) is 0 Å². The number of aliphatic hydroxyl groups is 3. The number of ether oxygens (including phenoxy) is 1. The maximum Gasteiger partial charge on any atom is 0.350 e. The number of aromatic nitrogens is 2. The molecule has 6 N–H and O–H groups in total. The second-order valence-corrected chi connectivity index (χ2v) is 6.05. The van der Waals surface area contributed by atoms with E-state index in [0.717, 1.165) is 0 Å². The van der Waals surface area contributed by atoms with Crippen molar-refractivity contribution in [1.82, 2.24) is 9.97 Å². The highest BCUT2D eigenvalue weighted by molar-refractivity contribution is 7.91. The molecule has 0 spiro atoms. The van der Waals surface area contributed by atoms with Crippen molar-refractivity contribution < 1.29 is 28.5 Å². The Bertz CT molecular complexity index is 687. The number of nitrogens with zero attached hydrogens (tertiary/aromatic N) is 3. The Balaban J connectivity index is 2.07. The van der Waals surface area contributed by atoms with Crippen molar-refractivity contribution in [3.05, 3.63) is 12.0 Å². The molecule has 116 valence electrons. The molecule has 0 aliphatic carbocycles. The van der Waals surface area contributed by atoms with Crippen LogP contribution in [0.15, 0.2) is 10.7 Å². The van der Waals surface area contributed by atoms with Crippen LogP contribution in [0.4, 0.5) is 5.82 Å². The van der Waals surface area contributed by atoms with Gasteiger partial charge in [-0.25, -0.2) is 9.29 Å². The van der Waals surface area contributed by atoms with Gasteiger partial charge in [0.1, 0.15) is 24.0 Å². The third-order valence-electron chi connectivity index (χ3n) is 3.29. The molecule has 21 heavy (non-hydrogen) atoms. The van der Waals surface area contributed by atoms with Gasteiger partial charge in [-0.3, -0.25) is 0 Å². The summed E-state index contributed by atoms with van der Waals surface area (Å²) in [5.74, 6) is -0.372. The van der Waals surface area contributed by atoms with Crippen LogP contribution in [-0.2, 0) is 14.9 Å². The normalized spacial score (nSPS) is 34.6. The molecule has 0 aromatic carbocycles. The van der Waals surface area contributed by atoms with E-state index in [-0.39, 0.29) is 17.3 Å². The summed E-state index contributed by atoms with van der Waals surface area (Å²) in [5.41, 5.74) is 5.68. The van der Waals surface area contributed by atoms with E-state index in [1.165, 1.54) is 6.33 Å². The topological polar surface area (TPSA) is 174 Å². The number of amidine groups is 1. The van der Waals surface area contributed by atoms with Crippen LogP contribution in [0.2, 0.25) is 0 Å². The van der Waals surface area contributed by atoms with Gasteiger partial charge < -0.3 is 30.8 Å². The van der Waals surface area contributed by atoms with E-state index < -0.39 is 41.4 Å². The molecular weight excluding hydrogens is 306 g/mol. The number of aliphatic hydroxyl groups excluding tert-OH is 3. The van der Waals surface area contributed by atoms with E-state index in [2.05, 4.69) is 14.4 Å². The largest absolute Gasteiger partial charge is 0.394 e. The molecule has 1 aromatic heterocycles. The average Bonchev–Trinajstić information content (AvgIpc) is 2.98. The number of fused-ring (bicyclic) bond motifs is 1. The first-order valence-electron chi connectivity index (χ1n) is 5.93. The maximum atomic E-state index is 12.2. The third-order valence-corrected chi connectivity index (χ3v) is 4.60. The lowest BCUT2D eigenvalue weighted by atomic mass is 10.1. The average molecular weight is 319 g/mol. The molecule has 1 saturated heterocycles. The highest BCUT2D eigenvalue weighted by Gasteiger charge is 2.51. The Morgan fingerprint density at radius 2 is 2.14 bits per heavy atom. The van der Waals surface area contributed by atoms with Crippen LogP contribution in [0, 0.1) is 0 Å². The van der Waals surface area contributed by atoms with Crippen molar-refractivity contribution >= 4 is 21.9 Å². The van der Waals surface area contributed by atoms with Crippen LogP contribution in [0.1, 0.15) is 5.69 Å². The lowest BCUT2D eigenvalue weighted by Crippen LogP contribution is -2.49. The first-order chi connectivity index (χ1) is 9.86. The van der Waals surface area contributed by atoms with E-state index in [0.29, 0.717) is 4.31 Å². The standard InChI is InChI=1S/C9H13N5O6S/c10-7-4-8(12-2-11-4)14(21(18,19)13-7)9-6(17)5(16)3(1-15)20-9/h2-3,5-6,9,15-17H,1H2,(H2,10,13)(H,11,12)/t3-,5-,6-,9-/m1/s1. The van der Waals surface area contributed by atoms with Gasteiger partial charge in [-0.15, -0.1) is 4.40 Å². The fourth-order valence-electron chi connectivity index (χ4n) is 2.29. The molecule has 0 radical (unpaired) electrons. The molecule has 2 aliphatic heterocycles. The Morgan fingerprint density at radius 1 is 1.43 bits per heavy atom. The van der Waals surface area contributed by atoms with Crippen LogP contribution in [0.3, 0.4) is 0 Å². The summed E-state index contributed by atoms with van der Waals surface area (Å²) in [6.07, 6.45) is -4.40. The van der Waals surface area contributed by atoms with Crippen molar-refractivity contribution in [2.45, 2.75) is 24.5 Å². The van der Waals surface area contributed by atoms with E-state index in [1.54, 1.807) is 0 Å². The predicted octanol–water partition coefficient (Wildman–Crippen LogP) is -3.38. The highest BCUT2D eigenvalue weighted by Crippen LogP contribution is 2.33. The number of nitrogens with one attached hydrogen (secondary N) is 1. The van der Waals surface area contributed by atoms with Crippen LogP contribution in [-0.4, -0.2) is 70.7 Å². The zero-order valence-electron chi connectivity index (χ0n) is 10.5.